The molecule has 1 fully saturated rings. The van der Waals surface area contributed by atoms with Crippen LogP contribution in [0.4, 0.5) is 5.69 Å². The molecule has 0 saturated carbocycles. The highest BCUT2D eigenvalue weighted by atomic mass is 35.5. The summed E-state index contributed by atoms with van der Waals surface area (Å²) in [5.74, 6) is -0.303. The van der Waals surface area contributed by atoms with Crippen LogP contribution in [0.1, 0.15) is 12.0 Å². The number of likely N-dealkylation sites (N-methyl/N-ethyl adjacent to an activating group) is 1. The van der Waals surface area contributed by atoms with Crippen LogP contribution in [0.5, 0.6) is 0 Å². The predicted molar refractivity (Wildman–Crippen MR) is 139 cm³/mol. The Morgan fingerprint density at radius 1 is 1.18 bits per heavy atom. The van der Waals surface area contributed by atoms with Crippen LogP contribution in [0.3, 0.4) is 0 Å². The van der Waals surface area contributed by atoms with Crippen LogP contribution in [0, 0.1) is 0 Å². The molecule has 2 aromatic carbocycles. The smallest absolute Gasteiger partial charge is 0.281 e. The van der Waals surface area contributed by atoms with E-state index >= 15 is 0 Å². The Bertz CT molecular complexity index is 1270. The molecule has 1 aliphatic rings. The predicted octanol–water partition coefficient (Wildman–Crippen LogP) is 4.05. The van der Waals surface area contributed by atoms with E-state index in [1.807, 2.05) is 41.1 Å². The van der Waals surface area contributed by atoms with E-state index in [9.17, 15) is 9.59 Å². The summed E-state index contributed by atoms with van der Waals surface area (Å²) in [6.45, 7) is 1.33. The van der Waals surface area contributed by atoms with Crippen molar-refractivity contribution in [3.8, 4) is 0 Å². The Morgan fingerprint density at radius 3 is 2.65 bits per heavy atom. The van der Waals surface area contributed by atoms with E-state index in [4.69, 9.17) is 28.6 Å². The van der Waals surface area contributed by atoms with Crippen molar-refractivity contribution in [2.24, 2.45) is 0 Å². The maximum absolute atomic E-state index is 13.3. The van der Waals surface area contributed by atoms with Gasteiger partial charge in [-0.1, -0.05) is 29.8 Å². The van der Waals surface area contributed by atoms with Crippen molar-refractivity contribution in [1.82, 2.24) is 14.8 Å². The summed E-state index contributed by atoms with van der Waals surface area (Å²) >= 11 is 11.6. The average Bonchev–Trinajstić information content (AvgIpc) is 3.27. The Hall–Kier alpha value is -3.20. The lowest BCUT2D eigenvalue weighted by Gasteiger charge is -2.16. The number of nitrogens with one attached hydrogen (secondary N) is 1. The summed E-state index contributed by atoms with van der Waals surface area (Å²) in [6.07, 6.45) is 4.46. The first-order valence-electron chi connectivity index (χ1n) is 10.8. The normalized spacial score (nSPS) is 15.1. The minimum absolute atomic E-state index is 0.0831. The van der Waals surface area contributed by atoms with Gasteiger partial charge in [0.25, 0.3) is 5.91 Å². The zero-order valence-electron chi connectivity index (χ0n) is 19.0. The van der Waals surface area contributed by atoms with Crippen molar-refractivity contribution in [3.63, 3.8) is 0 Å². The summed E-state index contributed by atoms with van der Waals surface area (Å²) in [4.78, 5) is 29.0. The highest BCUT2D eigenvalue weighted by Crippen LogP contribution is 2.31. The first kappa shape index (κ1) is 23.9. The molecule has 0 atom stereocenters. The van der Waals surface area contributed by atoms with Crippen LogP contribution >= 0.6 is 23.8 Å². The van der Waals surface area contributed by atoms with Crippen molar-refractivity contribution >= 4 is 63.4 Å². The molecule has 1 aliphatic heterocycles. The molecule has 9 heteroatoms. The van der Waals surface area contributed by atoms with Gasteiger partial charge in [-0.2, -0.15) is 0 Å². The van der Waals surface area contributed by atoms with Gasteiger partial charge >= 0.3 is 0 Å². The fourth-order valence-electron chi connectivity index (χ4n) is 3.90. The number of thiocarbonyl (C=S) groups is 1. The molecule has 2 heterocycles. The molecule has 3 aromatic rings. The molecule has 0 unspecified atom stereocenters. The number of nitrogens with zero attached hydrogens (tertiary/aromatic N) is 3. The molecule has 1 saturated heterocycles. The van der Waals surface area contributed by atoms with Crippen LogP contribution < -0.4 is 10.2 Å². The fourth-order valence-corrected chi connectivity index (χ4v) is 4.31. The van der Waals surface area contributed by atoms with E-state index in [-0.39, 0.29) is 18.4 Å². The molecule has 2 amide bonds. The molecule has 176 valence electrons. The number of amides is 2. The number of halogens is 1. The van der Waals surface area contributed by atoms with Crippen molar-refractivity contribution in [3.05, 3.63) is 71.0 Å². The summed E-state index contributed by atoms with van der Waals surface area (Å²) in [5, 5.41) is 4.82. The number of hydrogen-bond donors (Lipinski definition) is 1. The molecule has 0 radical (unpaired) electrons. The van der Waals surface area contributed by atoms with E-state index in [1.165, 1.54) is 4.90 Å². The van der Waals surface area contributed by atoms with Gasteiger partial charge in [-0.3, -0.25) is 14.5 Å². The third-order valence-electron chi connectivity index (χ3n) is 5.62. The fraction of sp³-hybridized carbons (Fsp3) is 0.240. The Labute approximate surface area is 208 Å². The Balaban J connectivity index is 1.63. The van der Waals surface area contributed by atoms with Crippen LogP contribution in [0.25, 0.3) is 17.0 Å². The lowest BCUT2D eigenvalue weighted by Crippen LogP contribution is -2.31. The number of hydrogen-bond acceptors (Lipinski definition) is 4. The second-order valence-corrected chi connectivity index (χ2v) is 8.72. The van der Waals surface area contributed by atoms with Gasteiger partial charge in [0.1, 0.15) is 12.2 Å². The Morgan fingerprint density at radius 2 is 1.91 bits per heavy atom. The number of aromatic nitrogens is 1. The molecule has 34 heavy (non-hydrogen) atoms. The van der Waals surface area contributed by atoms with E-state index in [2.05, 4.69) is 5.32 Å². The van der Waals surface area contributed by atoms with Crippen molar-refractivity contribution in [1.29, 1.82) is 0 Å². The summed E-state index contributed by atoms with van der Waals surface area (Å²) < 4.78 is 6.91. The number of carbonyl (C=O) groups excluding carboxylic acids is 2. The lowest BCUT2D eigenvalue weighted by atomic mass is 10.1. The van der Waals surface area contributed by atoms with Crippen LogP contribution in [0.15, 0.2) is 60.4 Å². The number of fused-ring (bicyclic) bond motifs is 1. The van der Waals surface area contributed by atoms with Gasteiger partial charge in [-0.25, -0.2) is 0 Å². The standard InChI is InChI=1S/C25H25ClN4O3S/c1-28-22(24(32)30(25(28)34)19-10-8-18(26)9-11-19)14-17-15-29(21-7-4-3-6-20(17)21)16-23(31)27-12-5-13-33-2/h3-4,6-11,14-15H,5,12-13,16H2,1-2H3,(H,27,31)/b22-14-. The maximum atomic E-state index is 13.3. The number of benzene rings is 2. The third-order valence-corrected chi connectivity index (χ3v) is 6.33. The van der Waals surface area contributed by atoms with Crippen molar-refractivity contribution < 1.29 is 14.3 Å². The minimum Gasteiger partial charge on any atom is -0.385 e. The Kier molecular flexibility index (Phi) is 7.31. The SMILES string of the molecule is COCCCNC(=O)Cn1cc(/C=C2/C(=O)N(c3ccc(Cl)cc3)C(=S)N2C)c2ccccc21. The highest BCUT2D eigenvalue weighted by Gasteiger charge is 2.37. The molecule has 0 bridgehead atoms. The quantitative estimate of drug-likeness (QED) is 0.289. The van der Waals surface area contributed by atoms with E-state index in [0.717, 1.165) is 22.9 Å². The third kappa shape index (κ3) is 4.84. The van der Waals surface area contributed by atoms with Gasteiger partial charge in [-0.05, 0) is 55.0 Å². The zero-order valence-corrected chi connectivity index (χ0v) is 20.5. The van der Waals surface area contributed by atoms with Gasteiger partial charge < -0.3 is 19.5 Å². The van der Waals surface area contributed by atoms with Crippen molar-refractivity contribution in [2.75, 3.05) is 32.2 Å². The van der Waals surface area contributed by atoms with Crippen LogP contribution in [0.2, 0.25) is 5.02 Å². The van der Waals surface area contributed by atoms with Gasteiger partial charge in [0, 0.05) is 55.0 Å². The van der Waals surface area contributed by atoms with E-state index < -0.39 is 0 Å². The van der Waals surface area contributed by atoms with Gasteiger partial charge in [0.15, 0.2) is 5.11 Å². The average molecular weight is 497 g/mol. The number of carbonyl (C=O) groups is 2. The van der Waals surface area contributed by atoms with E-state index in [1.54, 1.807) is 43.3 Å². The number of ether oxygens (including phenoxy) is 1. The van der Waals surface area contributed by atoms with E-state index in [0.29, 0.717) is 34.7 Å². The van der Waals surface area contributed by atoms with Crippen LogP contribution in [-0.2, 0) is 20.9 Å². The van der Waals surface area contributed by atoms with Gasteiger partial charge in [0.2, 0.25) is 5.91 Å². The molecule has 7 nitrogen and oxygen atoms in total. The first-order chi connectivity index (χ1) is 16.4. The minimum atomic E-state index is -0.220. The van der Waals surface area contributed by atoms with Crippen LogP contribution in [-0.4, -0.2) is 53.7 Å². The molecule has 0 spiro atoms. The summed E-state index contributed by atoms with van der Waals surface area (Å²) in [5.41, 5.74) is 2.85. The molecular weight excluding hydrogens is 472 g/mol. The van der Waals surface area contributed by atoms with Crippen molar-refractivity contribution in [2.45, 2.75) is 13.0 Å². The molecule has 1 N–H and O–H groups in total. The largest absolute Gasteiger partial charge is 0.385 e. The monoisotopic (exact) mass is 496 g/mol. The molecule has 1 aromatic heterocycles. The number of rotatable bonds is 8. The first-order valence-corrected chi connectivity index (χ1v) is 11.6. The number of para-hydroxylation sites is 1. The molecule has 0 aliphatic carbocycles. The highest BCUT2D eigenvalue weighted by molar-refractivity contribution is 7.80. The van der Waals surface area contributed by atoms with Gasteiger partial charge in [0.05, 0.1) is 5.69 Å². The summed E-state index contributed by atoms with van der Waals surface area (Å²) in [7, 11) is 3.41. The number of anilines is 1. The second kappa shape index (κ2) is 10.4. The lowest BCUT2D eigenvalue weighted by molar-refractivity contribution is -0.121. The maximum Gasteiger partial charge on any atom is 0.281 e. The topological polar surface area (TPSA) is 66.8 Å². The number of methoxy groups -OCH3 is 1. The molecular formula is C25H25ClN4O3S. The summed E-state index contributed by atoms with van der Waals surface area (Å²) in [6, 6.07) is 14.8. The molecule has 4 rings (SSSR count). The van der Waals surface area contributed by atoms with Gasteiger partial charge in [-0.15, -0.1) is 0 Å². The zero-order chi connectivity index (χ0) is 24.2. The second-order valence-electron chi connectivity index (χ2n) is 7.91.